The molecule has 1 N–H and O–H groups in total. The average Bonchev–Trinajstić information content (AvgIpc) is 3.25. The van der Waals surface area contributed by atoms with Gasteiger partial charge in [0.25, 0.3) is 5.91 Å². The van der Waals surface area contributed by atoms with Crippen LogP contribution in [-0.2, 0) is 9.53 Å². The van der Waals surface area contributed by atoms with Gasteiger partial charge in [-0.15, -0.1) is 11.3 Å². The molecule has 0 unspecified atom stereocenters. The number of ether oxygens (including phenoxy) is 3. The van der Waals surface area contributed by atoms with Gasteiger partial charge in [0, 0.05) is 22.7 Å². The van der Waals surface area contributed by atoms with Gasteiger partial charge in [-0.1, -0.05) is 29.8 Å². The smallest absolute Gasteiger partial charge is 0.358 e. The molecule has 2 aromatic carbocycles. The Morgan fingerprint density at radius 1 is 1.00 bits per heavy atom. The summed E-state index contributed by atoms with van der Waals surface area (Å²) in [5.41, 5.74) is 2.76. The van der Waals surface area contributed by atoms with Gasteiger partial charge < -0.3 is 19.5 Å². The number of aryl methyl sites for hydroxylation is 1. The van der Waals surface area contributed by atoms with E-state index in [1.165, 1.54) is 11.3 Å². The maximum absolute atomic E-state index is 12.3. The lowest BCUT2D eigenvalue weighted by atomic mass is 10.2. The molecule has 1 aromatic heterocycles. The first kappa shape index (κ1) is 22.3. The first-order chi connectivity index (χ1) is 15.0. The molecular formula is C23H24N2O5S. The molecule has 0 aliphatic rings. The van der Waals surface area contributed by atoms with E-state index < -0.39 is 18.5 Å². The third-order valence-electron chi connectivity index (χ3n) is 4.17. The third-order valence-corrected chi connectivity index (χ3v) is 5.06. The summed E-state index contributed by atoms with van der Waals surface area (Å²) >= 11 is 1.35. The summed E-state index contributed by atoms with van der Waals surface area (Å²) in [7, 11) is 0. The quantitative estimate of drug-likeness (QED) is 0.485. The van der Waals surface area contributed by atoms with Gasteiger partial charge in [-0.25, -0.2) is 9.78 Å². The summed E-state index contributed by atoms with van der Waals surface area (Å²) in [5.74, 6) is 0.0207. The number of hydrogen-bond donors (Lipinski definition) is 1. The number of nitrogens with zero attached hydrogens (tertiary/aromatic N) is 1. The molecule has 8 heteroatoms. The molecule has 0 saturated carbocycles. The average molecular weight is 441 g/mol. The van der Waals surface area contributed by atoms with Crippen molar-refractivity contribution >= 4 is 28.9 Å². The van der Waals surface area contributed by atoms with E-state index in [-0.39, 0.29) is 5.69 Å². The minimum absolute atomic E-state index is 0.174. The van der Waals surface area contributed by atoms with E-state index in [0.29, 0.717) is 35.4 Å². The Morgan fingerprint density at radius 3 is 2.42 bits per heavy atom. The molecule has 0 spiro atoms. The van der Waals surface area contributed by atoms with Crippen molar-refractivity contribution in [1.82, 2.24) is 4.98 Å². The highest BCUT2D eigenvalue weighted by Gasteiger charge is 2.15. The standard InChI is InChI=1S/C23H24N2O5S/c1-4-28-19-11-10-17(12-20(19)29-5-2)24-21(26)13-30-23(27)18-14-31-22(25-18)16-8-6-15(3)7-9-16/h6-12,14H,4-5,13H2,1-3H3,(H,24,26). The number of rotatable bonds is 9. The molecule has 3 aromatic rings. The van der Waals surface area contributed by atoms with Crippen LogP contribution in [0.3, 0.4) is 0 Å². The number of hydrogen-bond acceptors (Lipinski definition) is 7. The molecule has 7 nitrogen and oxygen atoms in total. The fraction of sp³-hybridized carbons (Fsp3) is 0.261. The van der Waals surface area contributed by atoms with Gasteiger partial charge in [0.15, 0.2) is 23.8 Å². The third kappa shape index (κ3) is 6.05. The van der Waals surface area contributed by atoms with Crippen molar-refractivity contribution < 1.29 is 23.8 Å². The van der Waals surface area contributed by atoms with Gasteiger partial charge >= 0.3 is 5.97 Å². The molecule has 31 heavy (non-hydrogen) atoms. The zero-order valence-corrected chi connectivity index (χ0v) is 18.5. The number of carbonyl (C=O) groups excluding carboxylic acids is 2. The number of anilines is 1. The topological polar surface area (TPSA) is 86.8 Å². The van der Waals surface area contributed by atoms with Crippen molar-refractivity contribution in [2.24, 2.45) is 0 Å². The minimum atomic E-state index is -0.647. The summed E-state index contributed by atoms with van der Waals surface area (Å²) in [6, 6.07) is 12.9. The largest absolute Gasteiger partial charge is 0.490 e. The highest BCUT2D eigenvalue weighted by molar-refractivity contribution is 7.13. The predicted octanol–water partition coefficient (Wildman–Crippen LogP) is 4.71. The number of thiazole rings is 1. The fourth-order valence-corrected chi connectivity index (χ4v) is 3.52. The Bertz CT molecular complexity index is 1050. The van der Waals surface area contributed by atoms with E-state index in [4.69, 9.17) is 14.2 Å². The van der Waals surface area contributed by atoms with Gasteiger partial charge in [-0.05, 0) is 32.9 Å². The molecule has 0 radical (unpaired) electrons. The summed E-state index contributed by atoms with van der Waals surface area (Å²) in [4.78, 5) is 28.8. The van der Waals surface area contributed by atoms with E-state index in [0.717, 1.165) is 11.1 Å². The molecule has 0 aliphatic heterocycles. The molecule has 1 amide bonds. The normalized spacial score (nSPS) is 10.4. The van der Waals surface area contributed by atoms with E-state index in [9.17, 15) is 9.59 Å². The van der Waals surface area contributed by atoms with Crippen LogP contribution in [-0.4, -0.2) is 36.7 Å². The van der Waals surface area contributed by atoms with E-state index in [2.05, 4.69) is 10.3 Å². The molecular weight excluding hydrogens is 416 g/mol. The Hall–Kier alpha value is -3.39. The van der Waals surface area contributed by atoms with E-state index >= 15 is 0 Å². The summed E-state index contributed by atoms with van der Waals surface area (Å²) in [5, 5.41) is 5.02. The maximum atomic E-state index is 12.3. The predicted molar refractivity (Wildman–Crippen MR) is 120 cm³/mol. The molecule has 3 rings (SSSR count). The molecule has 0 fully saturated rings. The highest BCUT2D eigenvalue weighted by atomic mass is 32.1. The summed E-state index contributed by atoms with van der Waals surface area (Å²) < 4.78 is 16.2. The number of nitrogens with one attached hydrogen (secondary N) is 1. The van der Waals surface area contributed by atoms with Gasteiger partial charge in [0.05, 0.1) is 13.2 Å². The van der Waals surface area contributed by atoms with Crippen LogP contribution in [0.1, 0.15) is 29.9 Å². The van der Waals surface area contributed by atoms with E-state index in [1.807, 2.05) is 45.0 Å². The Kier molecular flexibility index (Phi) is 7.61. The zero-order chi connectivity index (χ0) is 22.2. The van der Waals surface area contributed by atoms with Crippen molar-refractivity contribution in [2.75, 3.05) is 25.1 Å². The minimum Gasteiger partial charge on any atom is -0.490 e. The van der Waals surface area contributed by atoms with Crippen LogP contribution in [0.4, 0.5) is 5.69 Å². The fourth-order valence-electron chi connectivity index (χ4n) is 2.73. The Balaban J connectivity index is 1.56. The van der Waals surface area contributed by atoms with Crippen molar-refractivity contribution in [3.8, 4) is 22.1 Å². The van der Waals surface area contributed by atoms with Crippen molar-refractivity contribution in [3.63, 3.8) is 0 Å². The second kappa shape index (κ2) is 10.6. The van der Waals surface area contributed by atoms with Crippen LogP contribution in [0.25, 0.3) is 10.6 Å². The number of benzene rings is 2. The molecule has 0 atom stereocenters. The van der Waals surface area contributed by atoms with Crippen LogP contribution >= 0.6 is 11.3 Å². The van der Waals surface area contributed by atoms with Crippen LogP contribution < -0.4 is 14.8 Å². The lowest BCUT2D eigenvalue weighted by Crippen LogP contribution is -2.21. The summed E-state index contributed by atoms with van der Waals surface area (Å²) in [6.07, 6.45) is 0. The van der Waals surface area contributed by atoms with Crippen LogP contribution in [0.15, 0.2) is 47.8 Å². The molecule has 0 aliphatic carbocycles. The highest BCUT2D eigenvalue weighted by Crippen LogP contribution is 2.30. The van der Waals surface area contributed by atoms with Gasteiger partial charge in [0.1, 0.15) is 5.01 Å². The van der Waals surface area contributed by atoms with E-state index in [1.54, 1.807) is 23.6 Å². The first-order valence-electron chi connectivity index (χ1n) is 9.89. The molecule has 162 valence electrons. The number of carbonyl (C=O) groups is 2. The van der Waals surface area contributed by atoms with Crippen molar-refractivity contribution in [3.05, 3.63) is 59.1 Å². The molecule has 0 saturated heterocycles. The number of esters is 1. The van der Waals surface area contributed by atoms with Gasteiger partial charge in [-0.2, -0.15) is 0 Å². The van der Waals surface area contributed by atoms with Gasteiger partial charge in [-0.3, -0.25) is 4.79 Å². The number of amides is 1. The maximum Gasteiger partial charge on any atom is 0.358 e. The van der Waals surface area contributed by atoms with Crippen molar-refractivity contribution in [1.29, 1.82) is 0 Å². The van der Waals surface area contributed by atoms with Gasteiger partial charge in [0.2, 0.25) is 0 Å². The van der Waals surface area contributed by atoms with Crippen LogP contribution in [0.5, 0.6) is 11.5 Å². The summed E-state index contributed by atoms with van der Waals surface area (Å²) in [6.45, 7) is 6.30. The second-order valence-corrected chi connectivity index (χ2v) is 7.41. The monoisotopic (exact) mass is 440 g/mol. The lowest BCUT2D eigenvalue weighted by molar-refractivity contribution is -0.119. The SMILES string of the molecule is CCOc1ccc(NC(=O)COC(=O)c2csc(-c3ccc(C)cc3)n2)cc1OCC. The second-order valence-electron chi connectivity index (χ2n) is 6.56. The lowest BCUT2D eigenvalue weighted by Gasteiger charge is -2.13. The first-order valence-corrected chi connectivity index (χ1v) is 10.8. The Labute approximate surface area is 185 Å². The van der Waals surface area contributed by atoms with Crippen LogP contribution in [0, 0.1) is 6.92 Å². The zero-order valence-electron chi connectivity index (χ0n) is 17.6. The Morgan fingerprint density at radius 2 is 1.71 bits per heavy atom. The van der Waals surface area contributed by atoms with Crippen molar-refractivity contribution in [2.45, 2.75) is 20.8 Å². The van der Waals surface area contributed by atoms with Crippen LogP contribution in [0.2, 0.25) is 0 Å². The molecule has 1 heterocycles. The number of aromatic nitrogens is 1. The molecule has 0 bridgehead atoms.